The zero-order valence-electron chi connectivity index (χ0n) is 16.0. The standard InChI is InChI=1S/C21H24ClN5O/c1-23-21(25-15-17-6-7-18(22)14-20(17)28-2)24-12-10-16-4-8-19(9-5-16)27-13-3-11-26-27/h3-9,11,13-14H,10,12,15H2,1-2H3,(H2,23,24,25). The minimum Gasteiger partial charge on any atom is -0.496 e. The molecule has 0 saturated heterocycles. The highest BCUT2D eigenvalue weighted by molar-refractivity contribution is 6.30. The van der Waals surface area contributed by atoms with Gasteiger partial charge in [-0.1, -0.05) is 29.8 Å². The van der Waals surface area contributed by atoms with E-state index in [0.717, 1.165) is 35.9 Å². The van der Waals surface area contributed by atoms with Crippen LogP contribution in [0.3, 0.4) is 0 Å². The van der Waals surface area contributed by atoms with Gasteiger partial charge >= 0.3 is 0 Å². The molecule has 0 aliphatic carbocycles. The van der Waals surface area contributed by atoms with Crippen molar-refractivity contribution in [2.24, 2.45) is 4.99 Å². The Bertz CT molecular complexity index is 907. The Labute approximate surface area is 170 Å². The number of nitrogens with zero attached hydrogens (tertiary/aromatic N) is 3. The second kappa shape index (κ2) is 9.80. The molecule has 28 heavy (non-hydrogen) atoms. The van der Waals surface area contributed by atoms with Crippen LogP contribution in [0.5, 0.6) is 5.75 Å². The maximum Gasteiger partial charge on any atom is 0.191 e. The van der Waals surface area contributed by atoms with Gasteiger partial charge in [0, 0.05) is 43.1 Å². The van der Waals surface area contributed by atoms with Gasteiger partial charge in [-0.05, 0) is 42.3 Å². The summed E-state index contributed by atoms with van der Waals surface area (Å²) in [6.45, 7) is 1.37. The predicted molar refractivity (Wildman–Crippen MR) is 113 cm³/mol. The number of ether oxygens (including phenoxy) is 1. The number of guanidine groups is 1. The van der Waals surface area contributed by atoms with Gasteiger partial charge in [0.1, 0.15) is 5.75 Å². The first-order chi connectivity index (χ1) is 13.7. The molecule has 1 aromatic heterocycles. The van der Waals surface area contributed by atoms with Crippen molar-refractivity contribution in [3.05, 3.63) is 77.1 Å². The number of hydrogen-bond donors (Lipinski definition) is 2. The Morgan fingerprint density at radius 2 is 2.00 bits per heavy atom. The molecule has 6 nitrogen and oxygen atoms in total. The van der Waals surface area contributed by atoms with Crippen LogP contribution in [0.1, 0.15) is 11.1 Å². The Morgan fingerprint density at radius 1 is 1.18 bits per heavy atom. The second-order valence-corrected chi connectivity index (χ2v) is 6.61. The van der Waals surface area contributed by atoms with E-state index in [1.165, 1.54) is 5.56 Å². The summed E-state index contributed by atoms with van der Waals surface area (Å²) in [6.07, 6.45) is 4.60. The Kier molecular flexibility index (Phi) is 6.92. The van der Waals surface area contributed by atoms with Crippen LogP contribution in [0.4, 0.5) is 0 Å². The molecule has 0 spiro atoms. The van der Waals surface area contributed by atoms with Gasteiger partial charge in [0.15, 0.2) is 5.96 Å². The van der Waals surface area contributed by atoms with E-state index < -0.39 is 0 Å². The van der Waals surface area contributed by atoms with Crippen LogP contribution < -0.4 is 15.4 Å². The van der Waals surface area contributed by atoms with E-state index in [0.29, 0.717) is 11.6 Å². The molecule has 0 bridgehead atoms. The van der Waals surface area contributed by atoms with Crippen LogP contribution in [-0.2, 0) is 13.0 Å². The van der Waals surface area contributed by atoms with Crippen molar-refractivity contribution in [2.75, 3.05) is 20.7 Å². The summed E-state index contributed by atoms with van der Waals surface area (Å²) in [5, 5.41) is 11.5. The second-order valence-electron chi connectivity index (χ2n) is 6.18. The van der Waals surface area contributed by atoms with E-state index in [1.54, 1.807) is 20.4 Å². The van der Waals surface area contributed by atoms with E-state index in [9.17, 15) is 0 Å². The fraction of sp³-hybridized carbons (Fsp3) is 0.238. The van der Waals surface area contributed by atoms with Crippen molar-refractivity contribution in [1.82, 2.24) is 20.4 Å². The average molecular weight is 398 g/mol. The number of rotatable bonds is 7. The Hall–Kier alpha value is -2.99. The Balaban J connectivity index is 1.48. The summed E-state index contributed by atoms with van der Waals surface area (Å²) in [5.41, 5.74) is 3.32. The van der Waals surface area contributed by atoms with Gasteiger partial charge in [-0.3, -0.25) is 4.99 Å². The predicted octanol–water partition coefficient (Wildman–Crippen LogP) is 3.44. The van der Waals surface area contributed by atoms with E-state index >= 15 is 0 Å². The highest BCUT2D eigenvalue weighted by Crippen LogP contribution is 2.22. The SMILES string of the molecule is CN=C(NCCc1ccc(-n2cccn2)cc1)NCc1ccc(Cl)cc1OC. The molecular formula is C21H24ClN5O. The third-order valence-electron chi connectivity index (χ3n) is 4.33. The van der Waals surface area contributed by atoms with Gasteiger partial charge in [-0.15, -0.1) is 0 Å². The summed E-state index contributed by atoms with van der Waals surface area (Å²) in [4.78, 5) is 4.27. The molecule has 0 amide bonds. The summed E-state index contributed by atoms with van der Waals surface area (Å²) < 4.78 is 7.22. The fourth-order valence-electron chi connectivity index (χ4n) is 2.83. The molecule has 0 radical (unpaired) electrons. The van der Waals surface area contributed by atoms with Crippen molar-refractivity contribution >= 4 is 17.6 Å². The van der Waals surface area contributed by atoms with Crippen LogP contribution in [0.25, 0.3) is 5.69 Å². The lowest BCUT2D eigenvalue weighted by atomic mass is 10.1. The first-order valence-corrected chi connectivity index (χ1v) is 9.43. The third kappa shape index (κ3) is 5.27. The normalized spacial score (nSPS) is 11.3. The molecule has 0 aliphatic heterocycles. The maximum atomic E-state index is 6.01. The first-order valence-electron chi connectivity index (χ1n) is 9.05. The summed E-state index contributed by atoms with van der Waals surface area (Å²) >= 11 is 6.01. The first kappa shape index (κ1) is 19.8. The van der Waals surface area contributed by atoms with Gasteiger partial charge in [-0.25, -0.2) is 4.68 Å². The van der Waals surface area contributed by atoms with Crippen molar-refractivity contribution in [3.63, 3.8) is 0 Å². The molecule has 2 N–H and O–H groups in total. The molecule has 146 valence electrons. The van der Waals surface area contributed by atoms with Gasteiger partial charge < -0.3 is 15.4 Å². The molecule has 0 aliphatic rings. The molecule has 0 unspecified atom stereocenters. The van der Waals surface area contributed by atoms with E-state index in [1.807, 2.05) is 35.1 Å². The van der Waals surface area contributed by atoms with Crippen LogP contribution in [-0.4, -0.2) is 36.4 Å². The molecule has 7 heteroatoms. The number of nitrogens with one attached hydrogen (secondary N) is 2. The quantitative estimate of drug-likeness (QED) is 0.473. The summed E-state index contributed by atoms with van der Waals surface area (Å²) in [7, 11) is 3.40. The zero-order chi connectivity index (χ0) is 19.8. The van der Waals surface area contributed by atoms with Crippen molar-refractivity contribution in [1.29, 1.82) is 0 Å². The Morgan fingerprint density at radius 3 is 2.68 bits per heavy atom. The number of benzene rings is 2. The molecule has 3 aromatic rings. The van der Waals surface area contributed by atoms with E-state index in [-0.39, 0.29) is 0 Å². The summed E-state index contributed by atoms with van der Waals surface area (Å²) in [6, 6.07) is 15.9. The molecule has 2 aromatic carbocycles. The molecule has 0 saturated carbocycles. The molecule has 0 atom stereocenters. The van der Waals surface area contributed by atoms with Crippen LogP contribution in [0, 0.1) is 0 Å². The van der Waals surface area contributed by atoms with Crippen molar-refractivity contribution < 1.29 is 4.74 Å². The van der Waals surface area contributed by atoms with Gasteiger partial charge in [0.05, 0.1) is 12.8 Å². The fourth-order valence-corrected chi connectivity index (χ4v) is 2.99. The third-order valence-corrected chi connectivity index (χ3v) is 4.57. The lowest BCUT2D eigenvalue weighted by molar-refractivity contribution is 0.409. The number of hydrogen-bond acceptors (Lipinski definition) is 3. The molecular weight excluding hydrogens is 374 g/mol. The maximum absolute atomic E-state index is 6.01. The number of aromatic nitrogens is 2. The zero-order valence-corrected chi connectivity index (χ0v) is 16.8. The van der Waals surface area contributed by atoms with Gasteiger partial charge in [0.25, 0.3) is 0 Å². The minimum atomic E-state index is 0.596. The van der Waals surface area contributed by atoms with Crippen LogP contribution in [0.2, 0.25) is 5.02 Å². The minimum absolute atomic E-state index is 0.596. The topological polar surface area (TPSA) is 63.5 Å². The molecule has 1 heterocycles. The van der Waals surface area contributed by atoms with Crippen LogP contribution >= 0.6 is 11.6 Å². The van der Waals surface area contributed by atoms with E-state index in [2.05, 4.69) is 45.0 Å². The number of methoxy groups -OCH3 is 1. The largest absolute Gasteiger partial charge is 0.496 e. The van der Waals surface area contributed by atoms with E-state index in [4.69, 9.17) is 16.3 Å². The monoisotopic (exact) mass is 397 g/mol. The molecule has 3 rings (SSSR count). The smallest absolute Gasteiger partial charge is 0.191 e. The van der Waals surface area contributed by atoms with Gasteiger partial charge in [-0.2, -0.15) is 5.10 Å². The number of aliphatic imine (C=N–C) groups is 1. The average Bonchev–Trinajstić information content (AvgIpc) is 3.26. The molecule has 0 fully saturated rings. The highest BCUT2D eigenvalue weighted by Gasteiger charge is 2.05. The van der Waals surface area contributed by atoms with Crippen molar-refractivity contribution in [3.8, 4) is 11.4 Å². The van der Waals surface area contributed by atoms with Gasteiger partial charge in [0.2, 0.25) is 0 Å². The lowest BCUT2D eigenvalue weighted by Gasteiger charge is -2.14. The summed E-state index contributed by atoms with van der Waals surface area (Å²) in [5.74, 6) is 1.50. The number of halogens is 1. The van der Waals surface area contributed by atoms with Crippen LogP contribution in [0.15, 0.2) is 65.9 Å². The van der Waals surface area contributed by atoms with Crippen molar-refractivity contribution in [2.45, 2.75) is 13.0 Å². The highest BCUT2D eigenvalue weighted by atomic mass is 35.5. The lowest BCUT2D eigenvalue weighted by Crippen LogP contribution is -2.37.